The average Bonchev–Trinajstić information content (AvgIpc) is 2.81. The van der Waals surface area contributed by atoms with Crippen molar-refractivity contribution in [2.24, 2.45) is 5.92 Å². The van der Waals surface area contributed by atoms with Gasteiger partial charge in [-0.25, -0.2) is 4.98 Å². The Labute approximate surface area is 114 Å². The van der Waals surface area contributed by atoms with Crippen molar-refractivity contribution in [1.29, 1.82) is 0 Å². The second-order valence-corrected chi connectivity index (χ2v) is 5.09. The Balaban J connectivity index is 1.89. The van der Waals surface area contributed by atoms with E-state index >= 15 is 0 Å². The molecule has 0 aliphatic carbocycles. The Morgan fingerprint density at radius 1 is 1.20 bits per heavy atom. The molecule has 1 aliphatic heterocycles. The Hall–Kier alpha value is -1.98. The van der Waals surface area contributed by atoms with E-state index in [1.807, 2.05) is 12.1 Å². The van der Waals surface area contributed by atoms with Crippen LogP contribution in [-0.4, -0.2) is 15.7 Å². The predicted molar refractivity (Wildman–Crippen MR) is 69.9 cm³/mol. The molecule has 0 saturated carbocycles. The van der Waals surface area contributed by atoms with Crippen LogP contribution in [0.25, 0.3) is 11.3 Å². The Bertz CT molecular complexity index is 614. The standard InChI is InChI=1S/C14H14F3N3/c15-14(16,17)10-3-6-13-19-12(8-20(13)7-10)9-1-4-11(18)5-2-9/h1-2,4-5,8,10H,3,6-7,18H2. The van der Waals surface area contributed by atoms with Gasteiger partial charge in [0.2, 0.25) is 0 Å². The first-order valence-corrected chi connectivity index (χ1v) is 6.42. The van der Waals surface area contributed by atoms with Gasteiger partial charge in [0.1, 0.15) is 5.82 Å². The zero-order valence-electron chi connectivity index (χ0n) is 10.7. The van der Waals surface area contributed by atoms with Crippen LogP contribution in [0, 0.1) is 5.92 Å². The monoisotopic (exact) mass is 281 g/mol. The van der Waals surface area contributed by atoms with Gasteiger partial charge in [-0.1, -0.05) is 12.1 Å². The minimum absolute atomic E-state index is 0.0409. The van der Waals surface area contributed by atoms with Crippen LogP contribution in [0.4, 0.5) is 18.9 Å². The molecule has 1 aliphatic rings. The van der Waals surface area contributed by atoms with E-state index in [0.717, 1.165) is 11.4 Å². The summed E-state index contributed by atoms with van der Waals surface area (Å²) in [6, 6.07) is 7.16. The van der Waals surface area contributed by atoms with E-state index in [9.17, 15) is 13.2 Å². The topological polar surface area (TPSA) is 43.8 Å². The number of anilines is 1. The summed E-state index contributed by atoms with van der Waals surface area (Å²) in [5.41, 5.74) is 7.83. The molecule has 2 aromatic rings. The third-order valence-electron chi connectivity index (χ3n) is 3.66. The van der Waals surface area contributed by atoms with Crippen LogP contribution in [0.3, 0.4) is 0 Å². The van der Waals surface area contributed by atoms with Crippen LogP contribution in [0.15, 0.2) is 30.5 Å². The summed E-state index contributed by atoms with van der Waals surface area (Å²) in [4.78, 5) is 4.42. The molecule has 106 valence electrons. The van der Waals surface area contributed by atoms with Gasteiger partial charge in [-0.05, 0) is 18.6 Å². The van der Waals surface area contributed by atoms with Gasteiger partial charge >= 0.3 is 6.18 Å². The molecule has 3 nitrogen and oxygen atoms in total. The summed E-state index contributed by atoms with van der Waals surface area (Å²) < 4.78 is 39.9. The molecule has 6 heteroatoms. The lowest BCUT2D eigenvalue weighted by molar-refractivity contribution is -0.182. The van der Waals surface area contributed by atoms with Gasteiger partial charge in [0, 0.05) is 30.4 Å². The molecule has 0 fully saturated rings. The van der Waals surface area contributed by atoms with E-state index < -0.39 is 12.1 Å². The molecule has 20 heavy (non-hydrogen) atoms. The number of fused-ring (bicyclic) bond motifs is 1. The van der Waals surface area contributed by atoms with E-state index in [4.69, 9.17) is 5.73 Å². The first-order valence-electron chi connectivity index (χ1n) is 6.42. The molecule has 1 aromatic heterocycles. The minimum atomic E-state index is -4.14. The van der Waals surface area contributed by atoms with Crippen molar-refractivity contribution in [3.05, 3.63) is 36.3 Å². The quantitative estimate of drug-likeness (QED) is 0.815. The van der Waals surface area contributed by atoms with Gasteiger partial charge in [-0.15, -0.1) is 0 Å². The summed E-state index contributed by atoms with van der Waals surface area (Å²) in [6.07, 6.45) is -1.97. The zero-order chi connectivity index (χ0) is 14.3. The molecule has 0 spiro atoms. The minimum Gasteiger partial charge on any atom is -0.399 e. The molecule has 2 heterocycles. The SMILES string of the molecule is Nc1ccc(-c2cn3c(n2)CCC(C(F)(F)F)C3)cc1. The fraction of sp³-hybridized carbons (Fsp3) is 0.357. The molecule has 0 amide bonds. The maximum Gasteiger partial charge on any atom is 0.393 e. The van der Waals surface area contributed by atoms with Crippen LogP contribution >= 0.6 is 0 Å². The Morgan fingerprint density at radius 2 is 1.90 bits per heavy atom. The number of hydrogen-bond donors (Lipinski definition) is 1. The van der Waals surface area contributed by atoms with E-state index in [1.54, 1.807) is 22.9 Å². The molecule has 0 saturated heterocycles. The first-order chi connectivity index (χ1) is 9.43. The van der Waals surface area contributed by atoms with Gasteiger partial charge in [0.05, 0.1) is 11.6 Å². The number of hydrogen-bond acceptors (Lipinski definition) is 2. The number of aryl methyl sites for hydroxylation is 1. The second kappa shape index (κ2) is 4.54. The van der Waals surface area contributed by atoms with Gasteiger partial charge < -0.3 is 10.3 Å². The summed E-state index contributed by atoms with van der Waals surface area (Å²) in [5.74, 6) is -0.555. The van der Waals surface area contributed by atoms with Crippen LogP contribution in [0.1, 0.15) is 12.2 Å². The molecular weight excluding hydrogens is 267 g/mol. The van der Waals surface area contributed by atoms with Crippen LogP contribution < -0.4 is 5.73 Å². The van der Waals surface area contributed by atoms with Gasteiger partial charge in [0.15, 0.2) is 0 Å². The van der Waals surface area contributed by atoms with Crippen LogP contribution in [0.2, 0.25) is 0 Å². The van der Waals surface area contributed by atoms with Crippen molar-refractivity contribution in [3.63, 3.8) is 0 Å². The Kier molecular flexibility index (Phi) is 2.96. The fourth-order valence-corrected chi connectivity index (χ4v) is 2.50. The second-order valence-electron chi connectivity index (χ2n) is 5.09. The number of nitrogens with two attached hydrogens (primary N) is 1. The molecular formula is C14H14F3N3. The average molecular weight is 281 g/mol. The molecule has 0 radical (unpaired) electrons. The first kappa shape index (κ1) is 13.0. The number of aromatic nitrogens is 2. The fourth-order valence-electron chi connectivity index (χ4n) is 2.50. The normalized spacial score (nSPS) is 18.9. The molecule has 1 unspecified atom stereocenters. The lowest BCUT2D eigenvalue weighted by Gasteiger charge is -2.25. The predicted octanol–water partition coefficient (Wildman–Crippen LogP) is 3.26. The number of rotatable bonds is 1. The third-order valence-corrected chi connectivity index (χ3v) is 3.66. The number of imidazole rings is 1. The number of nitrogen functional groups attached to an aromatic ring is 1. The molecule has 2 N–H and O–H groups in total. The van der Waals surface area contributed by atoms with E-state index in [-0.39, 0.29) is 13.0 Å². The number of nitrogens with zero attached hydrogens (tertiary/aromatic N) is 2. The molecule has 1 atom stereocenters. The van der Waals surface area contributed by atoms with Crippen molar-refractivity contribution in [2.45, 2.75) is 25.6 Å². The largest absolute Gasteiger partial charge is 0.399 e. The summed E-state index contributed by atoms with van der Waals surface area (Å²) in [7, 11) is 0. The highest BCUT2D eigenvalue weighted by Crippen LogP contribution is 2.35. The summed E-state index contributed by atoms with van der Waals surface area (Å²) >= 11 is 0. The van der Waals surface area contributed by atoms with Crippen molar-refractivity contribution in [2.75, 3.05) is 5.73 Å². The lowest BCUT2D eigenvalue weighted by atomic mass is 9.99. The zero-order valence-corrected chi connectivity index (χ0v) is 10.7. The van der Waals surface area contributed by atoms with Crippen molar-refractivity contribution >= 4 is 5.69 Å². The summed E-state index contributed by atoms with van der Waals surface area (Å²) in [6.45, 7) is -0.0409. The highest BCUT2D eigenvalue weighted by Gasteiger charge is 2.41. The van der Waals surface area contributed by atoms with Gasteiger partial charge in [-0.3, -0.25) is 0 Å². The van der Waals surface area contributed by atoms with Crippen molar-refractivity contribution < 1.29 is 13.2 Å². The number of alkyl halides is 3. The summed E-state index contributed by atoms with van der Waals surface area (Å²) in [5, 5.41) is 0. The van der Waals surface area contributed by atoms with E-state index in [2.05, 4.69) is 4.98 Å². The van der Waals surface area contributed by atoms with E-state index in [0.29, 0.717) is 17.8 Å². The maximum absolute atomic E-state index is 12.8. The number of halogens is 3. The smallest absolute Gasteiger partial charge is 0.393 e. The number of benzene rings is 1. The van der Waals surface area contributed by atoms with Gasteiger partial charge in [-0.2, -0.15) is 13.2 Å². The van der Waals surface area contributed by atoms with Gasteiger partial charge in [0.25, 0.3) is 0 Å². The maximum atomic E-state index is 12.8. The molecule has 1 aromatic carbocycles. The van der Waals surface area contributed by atoms with Crippen molar-refractivity contribution in [3.8, 4) is 11.3 Å². The lowest BCUT2D eigenvalue weighted by Crippen LogP contribution is -2.31. The Morgan fingerprint density at radius 3 is 2.55 bits per heavy atom. The molecule has 0 bridgehead atoms. The van der Waals surface area contributed by atoms with E-state index in [1.165, 1.54) is 0 Å². The van der Waals surface area contributed by atoms with Crippen LogP contribution in [-0.2, 0) is 13.0 Å². The van der Waals surface area contributed by atoms with Crippen molar-refractivity contribution in [1.82, 2.24) is 9.55 Å². The third kappa shape index (κ3) is 2.37. The highest BCUT2D eigenvalue weighted by atomic mass is 19.4. The van der Waals surface area contributed by atoms with Crippen LogP contribution in [0.5, 0.6) is 0 Å². The highest BCUT2D eigenvalue weighted by molar-refractivity contribution is 5.61. The molecule has 3 rings (SSSR count).